The second-order valence-electron chi connectivity index (χ2n) is 5.96. The molecule has 0 saturated heterocycles. The van der Waals surface area contributed by atoms with E-state index in [4.69, 9.17) is 16.2 Å². The number of benzene rings is 1. The van der Waals surface area contributed by atoms with Crippen LogP contribution in [0.4, 0.5) is 0 Å². The number of primary amides is 1. The van der Waals surface area contributed by atoms with E-state index in [1.54, 1.807) is 0 Å². The summed E-state index contributed by atoms with van der Waals surface area (Å²) in [6.07, 6.45) is 2.58. The van der Waals surface area contributed by atoms with Crippen molar-refractivity contribution in [1.29, 1.82) is 0 Å². The highest BCUT2D eigenvalue weighted by Gasteiger charge is 2.35. The maximum absolute atomic E-state index is 11.8. The fraction of sp³-hybridized carbons (Fsp3) is 0.562. The fourth-order valence-electron chi connectivity index (χ4n) is 2.31. The van der Waals surface area contributed by atoms with Crippen molar-refractivity contribution >= 4 is 5.91 Å². The quantitative estimate of drug-likeness (QED) is 0.656. The molecule has 5 nitrogen and oxygen atoms in total. The molecule has 1 aromatic rings. The molecule has 1 unspecified atom stereocenters. The summed E-state index contributed by atoms with van der Waals surface area (Å²) in [5.74, 6) is 0.248. The Morgan fingerprint density at radius 3 is 2.62 bits per heavy atom. The van der Waals surface area contributed by atoms with Gasteiger partial charge in [0, 0.05) is 19.7 Å². The highest BCUT2D eigenvalue weighted by molar-refractivity contribution is 5.86. The average molecular weight is 291 g/mol. The Morgan fingerprint density at radius 2 is 2.05 bits per heavy atom. The fourth-order valence-corrected chi connectivity index (χ4v) is 2.31. The number of hydrogen-bond donors (Lipinski definition) is 2. The smallest absolute Gasteiger partial charge is 0.243 e. The molecule has 1 aromatic carbocycles. The van der Waals surface area contributed by atoms with E-state index < -0.39 is 11.4 Å². The lowest BCUT2D eigenvalue weighted by Crippen LogP contribution is -2.56. The van der Waals surface area contributed by atoms with Gasteiger partial charge >= 0.3 is 0 Å². The molecule has 5 heteroatoms. The predicted octanol–water partition coefficient (Wildman–Crippen LogP) is 0.684. The van der Waals surface area contributed by atoms with E-state index in [0.29, 0.717) is 13.2 Å². The van der Waals surface area contributed by atoms with Gasteiger partial charge in [0.1, 0.15) is 5.54 Å². The van der Waals surface area contributed by atoms with Crippen LogP contribution in [0.1, 0.15) is 18.4 Å². The summed E-state index contributed by atoms with van der Waals surface area (Å²) >= 11 is 0. The van der Waals surface area contributed by atoms with Crippen LogP contribution in [0.15, 0.2) is 30.3 Å². The van der Waals surface area contributed by atoms with Crippen molar-refractivity contribution in [1.82, 2.24) is 4.90 Å². The third-order valence-electron chi connectivity index (χ3n) is 3.92. The summed E-state index contributed by atoms with van der Waals surface area (Å²) in [6, 6.07) is 9.28. The van der Waals surface area contributed by atoms with Crippen LogP contribution in [-0.4, -0.2) is 44.2 Å². The van der Waals surface area contributed by atoms with Crippen molar-refractivity contribution in [3.63, 3.8) is 0 Å². The first kappa shape index (κ1) is 15.9. The maximum atomic E-state index is 11.8. The normalized spacial score (nSPS) is 17.7. The number of ether oxygens (including phenoxy) is 1. The molecule has 0 heterocycles. The molecule has 116 valence electrons. The molecular weight excluding hydrogens is 266 g/mol. The molecule has 1 fully saturated rings. The summed E-state index contributed by atoms with van der Waals surface area (Å²) < 4.78 is 5.61. The van der Waals surface area contributed by atoms with Gasteiger partial charge in [-0.1, -0.05) is 30.3 Å². The number of amides is 1. The molecule has 0 aromatic heterocycles. The van der Waals surface area contributed by atoms with Crippen molar-refractivity contribution in [3.8, 4) is 0 Å². The first-order chi connectivity index (χ1) is 10.0. The first-order valence-electron chi connectivity index (χ1n) is 7.43. The molecule has 1 aliphatic rings. The molecule has 21 heavy (non-hydrogen) atoms. The highest BCUT2D eigenvalue weighted by Crippen LogP contribution is 2.28. The van der Waals surface area contributed by atoms with Crippen LogP contribution in [0, 0.1) is 5.92 Å². The zero-order valence-corrected chi connectivity index (χ0v) is 12.6. The molecule has 0 bridgehead atoms. The van der Waals surface area contributed by atoms with Gasteiger partial charge in [-0.3, -0.25) is 4.79 Å². The number of hydrogen-bond acceptors (Lipinski definition) is 4. The van der Waals surface area contributed by atoms with Crippen LogP contribution in [0.5, 0.6) is 0 Å². The lowest BCUT2D eigenvalue weighted by molar-refractivity contribution is -0.124. The zero-order chi connectivity index (χ0) is 15.3. The van der Waals surface area contributed by atoms with Crippen molar-refractivity contribution in [2.24, 2.45) is 17.4 Å². The van der Waals surface area contributed by atoms with Gasteiger partial charge < -0.3 is 21.1 Å². The number of nitrogens with zero attached hydrogens (tertiary/aromatic N) is 1. The standard InChI is InChI=1S/C16H25N3O2/c1-19(9-10-21-11-13-7-8-13)12-16(18,15(17)20)14-5-3-2-4-6-14/h2-6,13H,7-12,18H2,1H3,(H2,17,20). The van der Waals surface area contributed by atoms with E-state index in [1.807, 2.05) is 42.3 Å². The van der Waals surface area contributed by atoms with E-state index in [-0.39, 0.29) is 0 Å². The molecule has 1 atom stereocenters. The van der Waals surface area contributed by atoms with Crippen LogP contribution in [0.3, 0.4) is 0 Å². The minimum atomic E-state index is -1.17. The second-order valence-corrected chi connectivity index (χ2v) is 5.96. The molecule has 0 radical (unpaired) electrons. The van der Waals surface area contributed by atoms with Gasteiger partial charge in [-0.15, -0.1) is 0 Å². The van der Waals surface area contributed by atoms with Crippen LogP contribution in [-0.2, 0) is 15.1 Å². The van der Waals surface area contributed by atoms with Gasteiger partial charge in [0.05, 0.1) is 6.61 Å². The van der Waals surface area contributed by atoms with Crippen molar-refractivity contribution < 1.29 is 9.53 Å². The van der Waals surface area contributed by atoms with Crippen molar-refractivity contribution in [2.45, 2.75) is 18.4 Å². The molecule has 1 aliphatic carbocycles. The zero-order valence-electron chi connectivity index (χ0n) is 12.6. The van der Waals surface area contributed by atoms with E-state index in [1.165, 1.54) is 12.8 Å². The monoisotopic (exact) mass is 291 g/mol. The van der Waals surface area contributed by atoms with Crippen LogP contribution in [0.25, 0.3) is 0 Å². The molecule has 4 N–H and O–H groups in total. The Labute approximate surface area is 126 Å². The molecular formula is C16H25N3O2. The Bertz CT molecular complexity index is 462. The van der Waals surface area contributed by atoms with E-state index in [2.05, 4.69) is 0 Å². The lowest BCUT2D eigenvalue weighted by atomic mass is 9.89. The van der Waals surface area contributed by atoms with Crippen LogP contribution < -0.4 is 11.5 Å². The topological polar surface area (TPSA) is 81.6 Å². The summed E-state index contributed by atoms with van der Waals surface area (Å²) in [5, 5.41) is 0. The molecule has 1 amide bonds. The Hall–Kier alpha value is -1.43. The van der Waals surface area contributed by atoms with Gasteiger partial charge in [-0.05, 0) is 31.4 Å². The Morgan fingerprint density at radius 1 is 1.38 bits per heavy atom. The number of likely N-dealkylation sites (N-methyl/N-ethyl adjacent to an activating group) is 1. The lowest BCUT2D eigenvalue weighted by Gasteiger charge is -2.31. The summed E-state index contributed by atoms with van der Waals surface area (Å²) in [7, 11) is 1.92. The van der Waals surface area contributed by atoms with Gasteiger partial charge in [-0.25, -0.2) is 0 Å². The summed E-state index contributed by atoms with van der Waals surface area (Å²) in [6.45, 7) is 2.59. The van der Waals surface area contributed by atoms with E-state index in [9.17, 15) is 4.79 Å². The number of carbonyl (C=O) groups is 1. The van der Waals surface area contributed by atoms with Gasteiger partial charge in [0.15, 0.2) is 0 Å². The molecule has 1 saturated carbocycles. The molecule has 0 aliphatic heterocycles. The van der Waals surface area contributed by atoms with Crippen molar-refractivity contribution in [3.05, 3.63) is 35.9 Å². The summed E-state index contributed by atoms with van der Waals surface area (Å²) in [5.41, 5.74) is 11.4. The van der Waals surface area contributed by atoms with Crippen LogP contribution >= 0.6 is 0 Å². The molecule has 2 rings (SSSR count). The van der Waals surface area contributed by atoms with Crippen LogP contribution in [0.2, 0.25) is 0 Å². The Kier molecular flexibility index (Phi) is 5.33. The minimum Gasteiger partial charge on any atom is -0.380 e. The SMILES string of the molecule is CN(CCOCC1CC1)CC(N)(C(N)=O)c1ccccc1. The molecule has 0 spiro atoms. The first-order valence-corrected chi connectivity index (χ1v) is 7.43. The number of nitrogens with two attached hydrogens (primary N) is 2. The highest BCUT2D eigenvalue weighted by atomic mass is 16.5. The third-order valence-corrected chi connectivity index (χ3v) is 3.92. The van der Waals surface area contributed by atoms with Gasteiger partial charge in [-0.2, -0.15) is 0 Å². The maximum Gasteiger partial charge on any atom is 0.243 e. The third kappa shape index (κ3) is 4.52. The van der Waals surface area contributed by atoms with Gasteiger partial charge in [0.25, 0.3) is 0 Å². The number of rotatable bonds is 9. The van der Waals surface area contributed by atoms with E-state index in [0.717, 1.165) is 24.6 Å². The number of carbonyl (C=O) groups excluding carboxylic acids is 1. The van der Waals surface area contributed by atoms with Gasteiger partial charge in [0.2, 0.25) is 5.91 Å². The van der Waals surface area contributed by atoms with E-state index >= 15 is 0 Å². The Balaban J connectivity index is 1.87. The van der Waals surface area contributed by atoms with Crippen molar-refractivity contribution in [2.75, 3.05) is 33.4 Å². The predicted molar refractivity (Wildman–Crippen MR) is 82.5 cm³/mol. The largest absolute Gasteiger partial charge is 0.380 e. The second kappa shape index (κ2) is 7.02. The minimum absolute atomic E-state index is 0.374. The summed E-state index contributed by atoms with van der Waals surface area (Å²) in [4.78, 5) is 13.8. The average Bonchev–Trinajstić information content (AvgIpc) is 3.28.